The molecule has 2 nitrogen and oxygen atoms in total. The average Bonchev–Trinajstić information content (AvgIpc) is 2.37. The Morgan fingerprint density at radius 3 is 3.00 bits per heavy atom. The molecule has 0 unspecified atom stereocenters. The maximum atomic E-state index is 5.53. The largest absolute Gasteiger partial charge is 0.362 e. The summed E-state index contributed by atoms with van der Waals surface area (Å²) in [6.45, 7) is 0. The molecule has 1 atom stereocenters. The van der Waals surface area contributed by atoms with Crippen molar-refractivity contribution in [2.24, 2.45) is 5.73 Å². The van der Waals surface area contributed by atoms with Crippen LogP contribution < -0.4 is 5.73 Å². The number of nitrogens with two attached hydrogens (primary N) is 1. The van der Waals surface area contributed by atoms with Gasteiger partial charge in [-0.05, 0) is 11.4 Å². The summed E-state index contributed by atoms with van der Waals surface area (Å²) in [5, 5.41) is 1.98. The molecule has 0 aliphatic rings. The Kier molecular flexibility index (Phi) is 2.22. The van der Waals surface area contributed by atoms with E-state index in [9.17, 15) is 0 Å². The van der Waals surface area contributed by atoms with Gasteiger partial charge in [-0.2, -0.15) is 0 Å². The molecule has 0 spiro atoms. The molecule has 0 aliphatic carbocycles. The van der Waals surface area contributed by atoms with Crippen LogP contribution in [-0.4, -0.2) is 7.11 Å². The van der Waals surface area contributed by atoms with Gasteiger partial charge in [0.15, 0.2) is 0 Å². The number of hydrogen-bond donors (Lipinski definition) is 1. The smallest absolute Gasteiger partial charge is 0.140 e. The molecule has 0 bridgehead atoms. The van der Waals surface area contributed by atoms with Gasteiger partial charge in [-0.3, -0.25) is 0 Å². The fourth-order valence-corrected chi connectivity index (χ4v) is 1.27. The first-order chi connectivity index (χ1) is 4.34. The van der Waals surface area contributed by atoms with Crippen molar-refractivity contribution in [3.63, 3.8) is 0 Å². The second kappa shape index (κ2) is 2.96. The standard InChI is InChI=1S/C6H9NOS/c1-8-6(7)5-3-2-4-9-5/h2-4,6H,7H2,1H3/t6-/m1/s1. The van der Waals surface area contributed by atoms with Crippen LogP contribution in [0.1, 0.15) is 11.1 Å². The van der Waals surface area contributed by atoms with Crippen LogP contribution in [0.5, 0.6) is 0 Å². The molecule has 0 saturated carbocycles. The van der Waals surface area contributed by atoms with Crippen molar-refractivity contribution in [2.45, 2.75) is 6.23 Å². The van der Waals surface area contributed by atoms with Crippen LogP contribution in [-0.2, 0) is 4.74 Å². The number of ether oxygens (including phenoxy) is 1. The summed E-state index contributed by atoms with van der Waals surface area (Å²) in [6, 6.07) is 3.91. The van der Waals surface area contributed by atoms with Gasteiger partial charge in [0.2, 0.25) is 0 Å². The predicted octanol–water partition coefficient (Wildman–Crippen LogP) is 1.35. The first-order valence-corrected chi connectivity index (χ1v) is 3.54. The quantitative estimate of drug-likeness (QED) is 0.634. The van der Waals surface area contributed by atoms with Gasteiger partial charge < -0.3 is 10.5 Å². The second-order valence-corrected chi connectivity index (χ2v) is 2.65. The molecule has 1 aromatic rings. The topological polar surface area (TPSA) is 35.2 Å². The Hall–Kier alpha value is -0.380. The third kappa shape index (κ3) is 1.51. The minimum absolute atomic E-state index is 0.245. The molecular formula is C6H9NOS. The van der Waals surface area contributed by atoms with Crippen molar-refractivity contribution in [3.05, 3.63) is 22.4 Å². The van der Waals surface area contributed by atoms with E-state index in [0.29, 0.717) is 0 Å². The van der Waals surface area contributed by atoms with Gasteiger partial charge in [0.05, 0.1) is 0 Å². The lowest BCUT2D eigenvalue weighted by molar-refractivity contribution is 0.112. The van der Waals surface area contributed by atoms with Gasteiger partial charge in [-0.15, -0.1) is 11.3 Å². The zero-order chi connectivity index (χ0) is 6.69. The summed E-state index contributed by atoms with van der Waals surface area (Å²) in [4.78, 5) is 1.07. The molecule has 9 heavy (non-hydrogen) atoms. The van der Waals surface area contributed by atoms with Crippen molar-refractivity contribution in [1.82, 2.24) is 0 Å². The molecule has 1 rings (SSSR count). The van der Waals surface area contributed by atoms with E-state index in [1.807, 2.05) is 17.5 Å². The van der Waals surface area contributed by atoms with E-state index >= 15 is 0 Å². The summed E-state index contributed by atoms with van der Waals surface area (Å²) >= 11 is 1.61. The molecular weight excluding hydrogens is 134 g/mol. The van der Waals surface area contributed by atoms with Gasteiger partial charge in [0, 0.05) is 12.0 Å². The van der Waals surface area contributed by atoms with Crippen molar-refractivity contribution in [3.8, 4) is 0 Å². The molecule has 0 fully saturated rings. The summed E-state index contributed by atoms with van der Waals surface area (Å²) < 4.78 is 4.88. The Morgan fingerprint density at radius 1 is 1.78 bits per heavy atom. The van der Waals surface area contributed by atoms with Crippen LogP contribution >= 0.6 is 11.3 Å². The third-order valence-corrected chi connectivity index (χ3v) is 2.01. The highest BCUT2D eigenvalue weighted by atomic mass is 32.1. The first-order valence-electron chi connectivity index (χ1n) is 2.66. The Bertz CT molecular complexity index is 162. The minimum Gasteiger partial charge on any atom is -0.362 e. The molecule has 0 saturated heterocycles. The maximum Gasteiger partial charge on any atom is 0.140 e. The van der Waals surface area contributed by atoms with Gasteiger partial charge in [-0.25, -0.2) is 0 Å². The highest BCUT2D eigenvalue weighted by Crippen LogP contribution is 2.16. The third-order valence-electron chi connectivity index (χ3n) is 1.08. The minimum atomic E-state index is -0.245. The number of methoxy groups -OCH3 is 1. The number of hydrogen-bond acceptors (Lipinski definition) is 3. The second-order valence-electron chi connectivity index (χ2n) is 1.67. The highest BCUT2D eigenvalue weighted by molar-refractivity contribution is 7.10. The molecule has 3 heteroatoms. The van der Waals surface area contributed by atoms with E-state index in [1.54, 1.807) is 18.4 Å². The van der Waals surface area contributed by atoms with E-state index in [0.717, 1.165) is 4.88 Å². The fourth-order valence-electron chi connectivity index (χ4n) is 0.569. The SMILES string of the molecule is CO[C@@H](N)c1cccs1. The number of rotatable bonds is 2. The normalized spacial score (nSPS) is 13.6. The lowest BCUT2D eigenvalue weighted by Gasteiger charge is -2.04. The molecule has 0 aliphatic heterocycles. The molecule has 50 valence electrons. The van der Waals surface area contributed by atoms with Crippen LogP contribution in [0.4, 0.5) is 0 Å². The molecule has 0 aromatic carbocycles. The van der Waals surface area contributed by atoms with Crippen molar-refractivity contribution >= 4 is 11.3 Å². The Morgan fingerprint density at radius 2 is 2.56 bits per heavy atom. The van der Waals surface area contributed by atoms with Crippen molar-refractivity contribution in [2.75, 3.05) is 7.11 Å². The molecule has 1 heterocycles. The van der Waals surface area contributed by atoms with Crippen LogP contribution in [0, 0.1) is 0 Å². The van der Waals surface area contributed by atoms with Gasteiger partial charge in [0.25, 0.3) is 0 Å². The maximum absolute atomic E-state index is 5.53. The number of thiophene rings is 1. The first kappa shape index (κ1) is 6.74. The molecule has 0 amide bonds. The molecule has 0 radical (unpaired) electrons. The van der Waals surface area contributed by atoms with E-state index in [2.05, 4.69) is 0 Å². The van der Waals surface area contributed by atoms with Crippen LogP contribution in [0.15, 0.2) is 17.5 Å². The average molecular weight is 143 g/mol. The van der Waals surface area contributed by atoms with Crippen molar-refractivity contribution < 1.29 is 4.74 Å². The van der Waals surface area contributed by atoms with Crippen LogP contribution in [0.3, 0.4) is 0 Å². The van der Waals surface area contributed by atoms with Crippen LogP contribution in [0.25, 0.3) is 0 Å². The van der Waals surface area contributed by atoms with Gasteiger partial charge in [0.1, 0.15) is 6.23 Å². The van der Waals surface area contributed by atoms with Crippen molar-refractivity contribution in [1.29, 1.82) is 0 Å². The summed E-state index contributed by atoms with van der Waals surface area (Å²) in [5.74, 6) is 0. The highest BCUT2D eigenvalue weighted by Gasteiger charge is 2.02. The van der Waals surface area contributed by atoms with E-state index < -0.39 is 0 Å². The van der Waals surface area contributed by atoms with Gasteiger partial charge >= 0.3 is 0 Å². The summed E-state index contributed by atoms with van der Waals surface area (Å²) in [5.41, 5.74) is 5.53. The van der Waals surface area contributed by atoms with Crippen LogP contribution in [0.2, 0.25) is 0 Å². The zero-order valence-electron chi connectivity index (χ0n) is 5.20. The summed E-state index contributed by atoms with van der Waals surface area (Å²) in [7, 11) is 1.60. The lowest BCUT2D eigenvalue weighted by Crippen LogP contribution is -2.09. The zero-order valence-corrected chi connectivity index (χ0v) is 6.02. The van der Waals surface area contributed by atoms with E-state index in [4.69, 9.17) is 10.5 Å². The lowest BCUT2D eigenvalue weighted by atomic mass is 10.4. The van der Waals surface area contributed by atoms with E-state index in [1.165, 1.54) is 0 Å². The predicted molar refractivity (Wildman–Crippen MR) is 38.3 cm³/mol. The Balaban J connectivity index is 2.65. The fraction of sp³-hybridized carbons (Fsp3) is 0.333. The van der Waals surface area contributed by atoms with E-state index in [-0.39, 0.29) is 6.23 Å². The monoisotopic (exact) mass is 143 g/mol. The summed E-state index contributed by atoms with van der Waals surface area (Å²) in [6.07, 6.45) is -0.245. The Labute approximate surface area is 58.3 Å². The molecule has 2 N–H and O–H groups in total. The molecule has 1 aromatic heterocycles. The van der Waals surface area contributed by atoms with Gasteiger partial charge in [-0.1, -0.05) is 6.07 Å².